The first kappa shape index (κ1) is 24.1. The zero-order valence-corrected chi connectivity index (χ0v) is 20.7. The number of thiophene rings is 1. The Morgan fingerprint density at radius 2 is 1.97 bits per heavy atom. The Morgan fingerprint density at radius 3 is 2.67 bits per heavy atom. The second-order valence-corrected chi connectivity index (χ2v) is 8.35. The largest absolute Gasteiger partial charge is 0.487 e. The van der Waals surface area contributed by atoms with E-state index in [1.807, 2.05) is 36.4 Å². The molecule has 0 fully saturated rings. The quantitative estimate of drug-likeness (QED) is 0.242. The molecule has 2 heterocycles. The number of aromatic nitrogens is 1. The Kier molecular flexibility index (Phi) is 9.58. The monoisotopic (exact) mass is 536 g/mol. The summed E-state index contributed by atoms with van der Waals surface area (Å²) in [6.07, 6.45) is 1.78. The lowest BCUT2D eigenvalue weighted by Gasteiger charge is -2.25. The van der Waals surface area contributed by atoms with E-state index >= 15 is 0 Å². The van der Waals surface area contributed by atoms with Crippen molar-refractivity contribution in [2.24, 2.45) is 4.99 Å². The predicted molar refractivity (Wildman–Crippen MR) is 136 cm³/mol. The van der Waals surface area contributed by atoms with Crippen molar-refractivity contribution >= 4 is 41.3 Å². The Bertz CT molecular complexity index is 914. The Labute approximate surface area is 200 Å². The van der Waals surface area contributed by atoms with Gasteiger partial charge in [-0.2, -0.15) is 0 Å². The minimum absolute atomic E-state index is 0. The number of ether oxygens (including phenoxy) is 1. The van der Waals surface area contributed by atoms with E-state index in [2.05, 4.69) is 58.0 Å². The number of rotatable bonds is 8. The molecule has 0 bridgehead atoms. The highest BCUT2D eigenvalue weighted by molar-refractivity contribution is 14.0. The number of nitrogens with zero attached hydrogens (tertiary/aromatic N) is 2. The molecular weight excluding hydrogens is 507 g/mol. The molecule has 3 aromatic rings. The summed E-state index contributed by atoms with van der Waals surface area (Å²) in [5.74, 6) is 1.62. The highest BCUT2D eigenvalue weighted by Gasteiger charge is 2.21. The third-order valence-corrected chi connectivity index (χ3v) is 5.82. The van der Waals surface area contributed by atoms with Crippen LogP contribution >= 0.6 is 35.3 Å². The highest BCUT2D eigenvalue weighted by atomic mass is 127. The lowest BCUT2D eigenvalue weighted by atomic mass is 9.91. The van der Waals surface area contributed by atoms with Crippen LogP contribution in [0.4, 0.5) is 0 Å². The molecule has 7 heteroatoms. The van der Waals surface area contributed by atoms with Gasteiger partial charge in [0.05, 0.1) is 5.69 Å². The predicted octanol–water partition coefficient (Wildman–Crippen LogP) is 4.98. The van der Waals surface area contributed by atoms with Gasteiger partial charge in [0.2, 0.25) is 0 Å². The maximum atomic E-state index is 5.86. The van der Waals surface area contributed by atoms with Crippen LogP contribution in [0.5, 0.6) is 5.75 Å². The summed E-state index contributed by atoms with van der Waals surface area (Å²) in [5, 5.41) is 8.93. The lowest BCUT2D eigenvalue weighted by molar-refractivity contribution is 0.301. The summed E-state index contributed by atoms with van der Waals surface area (Å²) in [4.78, 5) is 9.99. The second-order valence-electron chi connectivity index (χ2n) is 7.40. The first-order chi connectivity index (χ1) is 14.1. The summed E-state index contributed by atoms with van der Waals surface area (Å²) >= 11 is 1.79. The maximum absolute atomic E-state index is 5.86. The van der Waals surface area contributed by atoms with Gasteiger partial charge in [-0.15, -0.1) is 35.3 Å². The van der Waals surface area contributed by atoms with E-state index < -0.39 is 0 Å². The molecule has 0 aliphatic carbocycles. The number of halogens is 1. The van der Waals surface area contributed by atoms with Gasteiger partial charge in [-0.25, -0.2) is 0 Å². The fourth-order valence-electron chi connectivity index (χ4n) is 2.85. The molecule has 0 aliphatic rings. The van der Waals surface area contributed by atoms with Crippen LogP contribution in [0.15, 0.2) is 71.2 Å². The average molecular weight is 536 g/mol. The van der Waals surface area contributed by atoms with E-state index in [-0.39, 0.29) is 29.4 Å². The van der Waals surface area contributed by atoms with E-state index in [1.165, 1.54) is 4.88 Å². The van der Waals surface area contributed by atoms with Crippen molar-refractivity contribution in [1.82, 2.24) is 15.6 Å². The SMILES string of the molecule is CN=C(NCc1cccc(OCc2ccccn2)c1)NCC(C)(C)c1cccs1.I. The van der Waals surface area contributed by atoms with Gasteiger partial charge in [0.15, 0.2) is 5.96 Å². The Morgan fingerprint density at radius 1 is 1.10 bits per heavy atom. The topological polar surface area (TPSA) is 58.5 Å². The zero-order chi connectivity index (χ0) is 20.5. The normalized spacial score (nSPS) is 11.5. The molecule has 0 saturated heterocycles. The molecule has 0 radical (unpaired) electrons. The first-order valence-electron chi connectivity index (χ1n) is 9.67. The minimum Gasteiger partial charge on any atom is -0.487 e. The van der Waals surface area contributed by atoms with Crippen molar-refractivity contribution in [2.45, 2.75) is 32.4 Å². The van der Waals surface area contributed by atoms with Crippen LogP contribution in [0.25, 0.3) is 0 Å². The maximum Gasteiger partial charge on any atom is 0.191 e. The number of aliphatic imine (C=N–C) groups is 1. The van der Waals surface area contributed by atoms with Crippen LogP contribution in [0.3, 0.4) is 0 Å². The molecule has 0 aliphatic heterocycles. The van der Waals surface area contributed by atoms with Gasteiger partial charge in [0, 0.05) is 36.6 Å². The van der Waals surface area contributed by atoms with Crippen LogP contribution in [0.1, 0.15) is 30.0 Å². The molecule has 5 nitrogen and oxygen atoms in total. The third kappa shape index (κ3) is 7.28. The number of benzene rings is 1. The first-order valence-corrected chi connectivity index (χ1v) is 10.5. The minimum atomic E-state index is 0. The van der Waals surface area contributed by atoms with Crippen LogP contribution in [0, 0.1) is 0 Å². The van der Waals surface area contributed by atoms with Gasteiger partial charge < -0.3 is 15.4 Å². The average Bonchev–Trinajstić information content (AvgIpc) is 3.29. The molecule has 30 heavy (non-hydrogen) atoms. The van der Waals surface area contributed by atoms with Crippen LogP contribution < -0.4 is 15.4 Å². The van der Waals surface area contributed by atoms with Crippen molar-refractivity contribution in [1.29, 1.82) is 0 Å². The van der Waals surface area contributed by atoms with E-state index in [0.29, 0.717) is 13.2 Å². The summed E-state index contributed by atoms with van der Waals surface area (Å²) in [5.41, 5.74) is 2.09. The molecule has 0 unspecified atom stereocenters. The number of hydrogen-bond donors (Lipinski definition) is 2. The van der Waals surface area contributed by atoms with Crippen molar-refractivity contribution < 1.29 is 4.74 Å². The van der Waals surface area contributed by atoms with Gasteiger partial charge in [0.1, 0.15) is 12.4 Å². The smallest absolute Gasteiger partial charge is 0.191 e. The molecule has 1 aromatic carbocycles. The molecule has 3 rings (SSSR count). The number of guanidine groups is 1. The summed E-state index contributed by atoms with van der Waals surface area (Å²) in [6.45, 7) is 6.40. The van der Waals surface area contributed by atoms with Crippen LogP contribution in [-0.4, -0.2) is 24.5 Å². The van der Waals surface area contributed by atoms with Gasteiger partial charge in [-0.05, 0) is 41.3 Å². The van der Waals surface area contributed by atoms with Crippen LogP contribution in [-0.2, 0) is 18.6 Å². The molecule has 2 aromatic heterocycles. The summed E-state index contributed by atoms with van der Waals surface area (Å²) in [6, 6.07) is 18.2. The van der Waals surface area contributed by atoms with Gasteiger partial charge in [0.25, 0.3) is 0 Å². The van der Waals surface area contributed by atoms with E-state index in [1.54, 1.807) is 24.6 Å². The van der Waals surface area contributed by atoms with Crippen molar-refractivity contribution in [3.8, 4) is 5.75 Å². The molecule has 0 amide bonds. The van der Waals surface area contributed by atoms with Crippen molar-refractivity contribution in [3.05, 3.63) is 82.3 Å². The molecule has 160 valence electrons. The second kappa shape index (κ2) is 11.9. The Hall–Kier alpha value is -2.13. The molecular formula is C23H29IN4OS. The van der Waals surface area contributed by atoms with Gasteiger partial charge in [-0.3, -0.25) is 9.98 Å². The molecule has 2 N–H and O–H groups in total. The fraction of sp³-hybridized carbons (Fsp3) is 0.304. The Balaban J connectivity index is 0.00000320. The highest BCUT2D eigenvalue weighted by Crippen LogP contribution is 2.26. The van der Waals surface area contributed by atoms with E-state index in [0.717, 1.165) is 29.5 Å². The van der Waals surface area contributed by atoms with Crippen molar-refractivity contribution in [3.63, 3.8) is 0 Å². The molecule has 0 spiro atoms. The molecule has 0 saturated carbocycles. The van der Waals surface area contributed by atoms with E-state index in [9.17, 15) is 0 Å². The van der Waals surface area contributed by atoms with Crippen LogP contribution in [0.2, 0.25) is 0 Å². The number of pyridine rings is 1. The zero-order valence-electron chi connectivity index (χ0n) is 17.6. The summed E-state index contributed by atoms with van der Waals surface area (Å²) < 4.78 is 5.86. The van der Waals surface area contributed by atoms with Gasteiger partial charge in [-0.1, -0.05) is 38.1 Å². The standard InChI is InChI=1S/C23H28N4OS.HI/c1-23(2,21-11-7-13-29-21)17-27-22(24-3)26-15-18-8-6-10-20(14-18)28-16-19-9-4-5-12-25-19;/h4-14H,15-17H2,1-3H3,(H2,24,26,27);1H. The number of hydrogen-bond acceptors (Lipinski definition) is 4. The van der Waals surface area contributed by atoms with Crippen molar-refractivity contribution in [2.75, 3.05) is 13.6 Å². The summed E-state index contributed by atoms with van der Waals surface area (Å²) in [7, 11) is 1.79. The van der Waals surface area contributed by atoms with Gasteiger partial charge >= 0.3 is 0 Å². The van der Waals surface area contributed by atoms with E-state index in [4.69, 9.17) is 4.74 Å². The lowest BCUT2D eigenvalue weighted by Crippen LogP contribution is -2.42. The number of nitrogens with one attached hydrogen (secondary N) is 2. The molecule has 0 atom stereocenters. The fourth-order valence-corrected chi connectivity index (χ4v) is 3.70. The third-order valence-electron chi connectivity index (χ3n) is 4.58.